The van der Waals surface area contributed by atoms with E-state index in [0.29, 0.717) is 16.9 Å². The standard InChI is InChI=1S/C14H10N2O2/c15-10-11-6-8-13(9-7-11)16(14(17)18)12-4-2-1-3-5-12/h1-9H,(H,17,18)/p-1. The molecule has 2 aromatic rings. The van der Waals surface area contributed by atoms with Crippen LogP contribution in [0, 0.1) is 11.3 Å². The van der Waals surface area contributed by atoms with Gasteiger partial charge in [-0.1, -0.05) is 18.2 Å². The molecule has 0 atom stereocenters. The molecule has 0 saturated carbocycles. The van der Waals surface area contributed by atoms with E-state index in [4.69, 9.17) is 5.26 Å². The molecule has 18 heavy (non-hydrogen) atoms. The zero-order valence-corrected chi connectivity index (χ0v) is 9.41. The summed E-state index contributed by atoms with van der Waals surface area (Å²) in [5.74, 6) is 0. The Hall–Kier alpha value is -2.80. The molecule has 88 valence electrons. The van der Waals surface area contributed by atoms with E-state index < -0.39 is 6.09 Å². The summed E-state index contributed by atoms with van der Waals surface area (Å²) in [7, 11) is 0. The Morgan fingerprint density at radius 3 is 2.06 bits per heavy atom. The highest BCUT2D eigenvalue weighted by Gasteiger charge is 2.09. The van der Waals surface area contributed by atoms with E-state index in [1.165, 1.54) is 0 Å². The van der Waals surface area contributed by atoms with Crippen molar-refractivity contribution in [2.75, 3.05) is 4.90 Å². The summed E-state index contributed by atoms with van der Waals surface area (Å²) in [6.07, 6.45) is -1.31. The van der Waals surface area contributed by atoms with Gasteiger partial charge in [0.15, 0.2) is 0 Å². The van der Waals surface area contributed by atoms with Crippen LogP contribution in [0.25, 0.3) is 0 Å². The highest BCUT2D eigenvalue weighted by Crippen LogP contribution is 2.24. The molecule has 2 rings (SSSR count). The van der Waals surface area contributed by atoms with E-state index >= 15 is 0 Å². The number of para-hydroxylation sites is 1. The van der Waals surface area contributed by atoms with Gasteiger partial charge in [-0.3, -0.25) is 4.90 Å². The van der Waals surface area contributed by atoms with Crippen molar-refractivity contribution < 1.29 is 9.90 Å². The number of hydrogen-bond acceptors (Lipinski definition) is 3. The van der Waals surface area contributed by atoms with Crippen LogP contribution in [0.1, 0.15) is 5.56 Å². The van der Waals surface area contributed by atoms with Crippen LogP contribution >= 0.6 is 0 Å². The molecule has 0 heterocycles. The van der Waals surface area contributed by atoms with Crippen molar-refractivity contribution in [2.45, 2.75) is 0 Å². The summed E-state index contributed by atoms with van der Waals surface area (Å²) in [6.45, 7) is 0. The Kier molecular flexibility index (Phi) is 3.26. The summed E-state index contributed by atoms with van der Waals surface area (Å²) in [6, 6.07) is 16.9. The maximum absolute atomic E-state index is 11.2. The normalized spacial score (nSPS) is 9.50. The Morgan fingerprint density at radius 1 is 1.00 bits per heavy atom. The van der Waals surface area contributed by atoms with E-state index in [1.54, 1.807) is 54.6 Å². The fourth-order valence-corrected chi connectivity index (χ4v) is 1.62. The number of nitrogens with zero attached hydrogens (tertiary/aromatic N) is 2. The largest absolute Gasteiger partial charge is 0.529 e. The lowest BCUT2D eigenvalue weighted by atomic mass is 10.2. The predicted octanol–water partition coefficient (Wildman–Crippen LogP) is 2.04. The van der Waals surface area contributed by atoms with E-state index in [9.17, 15) is 9.90 Å². The first-order valence-corrected chi connectivity index (χ1v) is 5.28. The second kappa shape index (κ2) is 5.02. The number of benzene rings is 2. The minimum absolute atomic E-state index is 0.445. The molecule has 1 amide bonds. The van der Waals surface area contributed by atoms with Crippen molar-refractivity contribution in [3.63, 3.8) is 0 Å². The van der Waals surface area contributed by atoms with Gasteiger partial charge in [-0.15, -0.1) is 0 Å². The van der Waals surface area contributed by atoms with Gasteiger partial charge >= 0.3 is 0 Å². The SMILES string of the molecule is N#Cc1ccc(N(C(=O)[O-])c2ccccc2)cc1. The topological polar surface area (TPSA) is 67.2 Å². The molecule has 0 aliphatic heterocycles. The highest BCUT2D eigenvalue weighted by atomic mass is 16.4. The lowest BCUT2D eigenvalue weighted by molar-refractivity contribution is -0.245. The molecule has 0 aliphatic carbocycles. The molecule has 0 spiro atoms. The summed E-state index contributed by atoms with van der Waals surface area (Å²) in [5, 5.41) is 19.9. The van der Waals surface area contributed by atoms with Crippen LogP contribution in [0.5, 0.6) is 0 Å². The number of rotatable bonds is 2. The third-order valence-corrected chi connectivity index (χ3v) is 2.45. The number of carbonyl (C=O) groups excluding carboxylic acids is 1. The smallest absolute Gasteiger partial charge is 0.146 e. The minimum Gasteiger partial charge on any atom is -0.529 e. The van der Waals surface area contributed by atoms with Gasteiger partial charge in [0.1, 0.15) is 6.09 Å². The second-order valence-corrected chi connectivity index (χ2v) is 3.60. The molecular formula is C14H9N2O2-. The van der Waals surface area contributed by atoms with Crippen LogP contribution < -0.4 is 10.0 Å². The Morgan fingerprint density at radius 2 is 1.56 bits per heavy atom. The summed E-state index contributed by atoms with van der Waals surface area (Å²) in [5.41, 5.74) is 1.42. The molecule has 0 fully saturated rings. The molecule has 0 N–H and O–H groups in total. The van der Waals surface area contributed by atoms with Crippen molar-refractivity contribution in [1.29, 1.82) is 5.26 Å². The van der Waals surface area contributed by atoms with Crippen molar-refractivity contribution >= 4 is 17.5 Å². The van der Waals surface area contributed by atoms with Crippen LogP contribution in [0.4, 0.5) is 16.2 Å². The summed E-state index contributed by atoms with van der Waals surface area (Å²) in [4.78, 5) is 12.3. The lowest BCUT2D eigenvalue weighted by Gasteiger charge is -2.25. The lowest BCUT2D eigenvalue weighted by Crippen LogP contribution is -2.37. The number of nitriles is 1. The number of carbonyl (C=O) groups is 1. The third-order valence-electron chi connectivity index (χ3n) is 2.45. The molecule has 4 heteroatoms. The number of carboxylic acid groups (broad SMARTS) is 1. The second-order valence-electron chi connectivity index (χ2n) is 3.60. The Bertz CT molecular complexity index is 585. The summed E-state index contributed by atoms with van der Waals surface area (Å²) < 4.78 is 0. The van der Waals surface area contributed by atoms with Crippen molar-refractivity contribution in [1.82, 2.24) is 0 Å². The fourth-order valence-electron chi connectivity index (χ4n) is 1.62. The molecular weight excluding hydrogens is 228 g/mol. The van der Waals surface area contributed by atoms with Gasteiger partial charge in [0.2, 0.25) is 0 Å². The number of anilines is 2. The summed E-state index contributed by atoms with van der Waals surface area (Å²) >= 11 is 0. The molecule has 0 aromatic heterocycles. The Labute approximate surface area is 104 Å². The van der Waals surface area contributed by atoms with Gasteiger partial charge in [-0.25, -0.2) is 0 Å². The first-order chi connectivity index (χ1) is 8.72. The maximum atomic E-state index is 11.2. The van der Waals surface area contributed by atoms with Gasteiger partial charge in [0.25, 0.3) is 0 Å². The molecule has 0 unspecified atom stereocenters. The van der Waals surface area contributed by atoms with E-state index in [-0.39, 0.29) is 0 Å². The zero-order valence-electron chi connectivity index (χ0n) is 9.41. The van der Waals surface area contributed by atoms with E-state index in [0.717, 1.165) is 4.90 Å². The van der Waals surface area contributed by atoms with Gasteiger partial charge in [0, 0.05) is 11.4 Å². The van der Waals surface area contributed by atoms with Crippen LogP contribution in [-0.4, -0.2) is 6.09 Å². The maximum Gasteiger partial charge on any atom is 0.146 e. The minimum atomic E-state index is -1.31. The fraction of sp³-hybridized carbons (Fsp3) is 0. The average Bonchev–Trinajstić information content (AvgIpc) is 2.40. The third kappa shape index (κ3) is 2.30. The molecule has 0 radical (unpaired) electrons. The highest BCUT2D eigenvalue weighted by molar-refractivity contribution is 5.93. The Balaban J connectivity index is 2.43. The van der Waals surface area contributed by atoms with Gasteiger partial charge in [-0.2, -0.15) is 5.26 Å². The van der Waals surface area contributed by atoms with Crippen LogP contribution in [0.3, 0.4) is 0 Å². The molecule has 0 bridgehead atoms. The monoisotopic (exact) mass is 237 g/mol. The molecule has 4 nitrogen and oxygen atoms in total. The average molecular weight is 237 g/mol. The molecule has 0 saturated heterocycles. The zero-order chi connectivity index (χ0) is 13.0. The number of hydrogen-bond donors (Lipinski definition) is 0. The first-order valence-electron chi connectivity index (χ1n) is 5.28. The van der Waals surface area contributed by atoms with Crippen molar-refractivity contribution in [3.05, 3.63) is 60.2 Å². The predicted molar refractivity (Wildman–Crippen MR) is 65.1 cm³/mol. The van der Waals surface area contributed by atoms with E-state index in [2.05, 4.69) is 0 Å². The van der Waals surface area contributed by atoms with Gasteiger partial charge in [-0.05, 0) is 36.4 Å². The molecule has 2 aromatic carbocycles. The quantitative estimate of drug-likeness (QED) is 0.802. The van der Waals surface area contributed by atoms with E-state index in [1.807, 2.05) is 6.07 Å². The van der Waals surface area contributed by atoms with Crippen molar-refractivity contribution in [3.8, 4) is 6.07 Å². The first kappa shape index (κ1) is 11.7. The van der Waals surface area contributed by atoms with Crippen molar-refractivity contribution in [2.24, 2.45) is 0 Å². The van der Waals surface area contributed by atoms with Crippen LogP contribution in [0.15, 0.2) is 54.6 Å². The van der Waals surface area contributed by atoms with Gasteiger partial charge < -0.3 is 9.90 Å². The van der Waals surface area contributed by atoms with Crippen LogP contribution in [0.2, 0.25) is 0 Å². The number of amides is 1. The molecule has 0 aliphatic rings. The van der Waals surface area contributed by atoms with Gasteiger partial charge in [0.05, 0.1) is 11.6 Å². The van der Waals surface area contributed by atoms with Crippen LogP contribution in [-0.2, 0) is 0 Å².